The molecule has 1 aliphatic heterocycles. The summed E-state index contributed by atoms with van der Waals surface area (Å²) in [6.07, 6.45) is 1.63. The first kappa shape index (κ1) is 21.6. The molecule has 1 aliphatic rings. The molecule has 1 N–H and O–H groups in total. The number of halogens is 1. The van der Waals surface area contributed by atoms with Crippen molar-refractivity contribution in [2.75, 3.05) is 13.2 Å². The second-order valence-corrected chi connectivity index (χ2v) is 7.74. The lowest BCUT2D eigenvalue weighted by Crippen LogP contribution is -2.46. The highest BCUT2D eigenvalue weighted by Crippen LogP contribution is 2.11. The molecule has 0 spiro atoms. The molecule has 1 fully saturated rings. The molecule has 3 aromatic rings. The number of nitrogens with zero attached hydrogens (tertiary/aromatic N) is 3. The zero-order valence-corrected chi connectivity index (χ0v) is 17.6. The van der Waals surface area contributed by atoms with E-state index in [4.69, 9.17) is 4.74 Å². The van der Waals surface area contributed by atoms with Crippen molar-refractivity contribution in [2.24, 2.45) is 0 Å². The molecule has 0 aliphatic carbocycles. The summed E-state index contributed by atoms with van der Waals surface area (Å²) in [5, 5.41) is 6.79. The van der Waals surface area contributed by atoms with Gasteiger partial charge in [-0.3, -0.25) is 14.2 Å². The Labute approximate surface area is 183 Å². The van der Waals surface area contributed by atoms with Crippen LogP contribution in [0.15, 0.2) is 58.1 Å². The van der Waals surface area contributed by atoms with Crippen LogP contribution in [0.3, 0.4) is 0 Å². The van der Waals surface area contributed by atoms with Crippen molar-refractivity contribution in [3.63, 3.8) is 0 Å². The Hall–Kier alpha value is -3.59. The Morgan fingerprint density at radius 2 is 2.00 bits per heavy atom. The molecule has 0 saturated carbocycles. The summed E-state index contributed by atoms with van der Waals surface area (Å²) in [7, 11) is 0. The van der Waals surface area contributed by atoms with Crippen LogP contribution >= 0.6 is 0 Å². The van der Waals surface area contributed by atoms with E-state index in [0.717, 1.165) is 27.7 Å². The first-order valence-corrected chi connectivity index (χ1v) is 10.4. The number of benzene rings is 2. The van der Waals surface area contributed by atoms with E-state index in [9.17, 15) is 18.8 Å². The van der Waals surface area contributed by atoms with Crippen molar-refractivity contribution >= 4 is 5.91 Å². The van der Waals surface area contributed by atoms with Crippen molar-refractivity contribution in [1.82, 2.24) is 19.7 Å². The highest BCUT2D eigenvalue weighted by atomic mass is 19.1. The van der Waals surface area contributed by atoms with Crippen LogP contribution in [0.1, 0.15) is 34.5 Å². The van der Waals surface area contributed by atoms with Gasteiger partial charge in [-0.25, -0.2) is 9.18 Å². The molecular weight excluding hydrogens is 415 g/mol. The molecule has 0 radical (unpaired) electrons. The number of rotatable bonds is 6. The second kappa shape index (κ2) is 9.27. The molecule has 4 rings (SSSR count). The number of ether oxygens (including phenoxy) is 1. The van der Waals surface area contributed by atoms with Gasteiger partial charge in [0.15, 0.2) is 0 Å². The lowest BCUT2D eigenvalue weighted by atomic mass is 10.2. The maximum Gasteiger partial charge on any atom is 0.352 e. The minimum absolute atomic E-state index is 0.108. The molecule has 1 saturated heterocycles. The Kier molecular flexibility index (Phi) is 6.27. The Morgan fingerprint density at radius 1 is 1.22 bits per heavy atom. The van der Waals surface area contributed by atoms with E-state index in [1.807, 2.05) is 13.0 Å². The highest BCUT2D eigenvalue weighted by Gasteiger charge is 2.22. The fourth-order valence-corrected chi connectivity index (χ4v) is 3.59. The Bertz CT molecular complexity index is 1240. The van der Waals surface area contributed by atoms with Crippen LogP contribution in [0.5, 0.6) is 0 Å². The first-order chi connectivity index (χ1) is 15.4. The van der Waals surface area contributed by atoms with E-state index in [-0.39, 0.29) is 19.2 Å². The first-order valence-electron chi connectivity index (χ1n) is 10.4. The van der Waals surface area contributed by atoms with Gasteiger partial charge in [0, 0.05) is 13.2 Å². The van der Waals surface area contributed by atoms with E-state index in [1.54, 1.807) is 18.2 Å². The topological polar surface area (TPSA) is 95.2 Å². The highest BCUT2D eigenvalue weighted by molar-refractivity contribution is 5.91. The van der Waals surface area contributed by atoms with Gasteiger partial charge in [0.25, 0.3) is 11.5 Å². The predicted octanol–water partition coefficient (Wildman–Crippen LogP) is 1.80. The molecule has 9 heteroatoms. The van der Waals surface area contributed by atoms with Crippen LogP contribution < -0.4 is 16.6 Å². The number of aryl methyl sites for hydroxylation is 1. The predicted molar refractivity (Wildman–Crippen MR) is 116 cm³/mol. The fraction of sp³-hybridized carbons (Fsp3) is 0.304. The monoisotopic (exact) mass is 438 g/mol. The molecule has 1 aromatic heterocycles. The van der Waals surface area contributed by atoms with Crippen LogP contribution in [-0.2, 0) is 11.3 Å². The summed E-state index contributed by atoms with van der Waals surface area (Å²) < 4.78 is 20.8. The zero-order valence-electron chi connectivity index (χ0n) is 17.6. The number of hydrogen-bond acceptors (Lipinski definition) is 5. The zero-order chi connectivity index (χ0) is 22.7. The summed E-state index contributed by atoms with van der Waals surface area (Å²) >= 11 is 0. The molecule has 2 aromatic carbocycles. The van der Waals surface area contributed by atoms with Gasteiger partial charge in [-0.2, -0.15) is 9.78 Å². The van der Waals surface area contributed by atoms with Crippen molar-refractivity contribution in [1.29, 1.82) is 0 Å². The van der Waals surface area contributed by atoms with Crippen LogP contribution in [0.2, 0.25) is 0 Å². The van der Waals surface area contributed by atoms with Crippen LogP contribution in [0.25, 0.3) is 5.69 Å². The summed E-state index contributed by atoms with van der Waals surface area (Å²) in [5.41, 5.74) is -0.0499. The van der Waals surface area contributed by atoms with E-state index >= 15 is 0 Å². The third-order valence-electron chi connectivity index (χ3n) is 5.29. The molecule has 1 atom stereocenters. The maximum absolute atomic E-state index is 13.3. The molecule has 166 valence electrons. The van der Waals surface area contributed by atoms with E-state index in [0.29, 0.717) is 17.9 Å². The third kappa shape index (κ3) is 4.67. The van der Waals surface area contributed by atoms with Gasteiger partial charge in [-0.15, -0.1) is 0 Å². The number of hydrogen-bond donors (Lipinski definition) is 1. The maximum atomic E-state index is 13.3. The lowest BCUT2D eigenvalue weighted by molar-refractivity contribution is 0.0849. The summed E-state index contributed by atoms with van der Waals surface area (Å²) in [6.45, 7) is 2.62. The Balaban J connectivity index is 1.76. The van der Waals surface area contributed by atoms with Crippen molar-refractivity contribution in [3.05, 3.63) is 92.0 Å². The smallest absolute Gasteiger partial charge is 0.352 e. The van der Waals surface area contributed by atoms with Gasteiger partial charge in [-0.1, -0.05) is 24.3 Å². The van der Waals surface area contributed by atoms with Gasteiger partial charge < -0.3 is 10.1 Å². The van der Waals surface area contributed by atoms with Gasteiger partial charge >= 0.3 is 5.69 Å². The molecule has 8 nitrogen and oxygen atoms in total. The van der Waals surface area contributed by atoms with Crippen LogP contribution in [0, 0.1) is 12.7 Å². The normalized spacial score (nSPS) is 15.6. The third-order valence-corrected chi connectivity index (χ3v) is 5.29. The average Bonchev–Trinajstić information content (AvgIpc) is 3.30. The van der Waals surface area contributed by atoms with Crippen molar-refractivity contribution in [3.8, 4) is 5.69 Å². The summed E-state index contributed by atoms with van der Waals surface area (Å²) in [6, 6.07) is 12.5. The van der Waals surface area contributed by atoms with E-state index < -0.39 is 28.7 Å². The second-order valence-electron chi connectivity index (χ2n) is 7.74. The Morgan fingerprint density at radius 3 is 2.69 bits per heavy atom. The SMILES string of the molecule is Cc1cccc(-n2nc(C(=O)NC[C@H]3CCCO3)c(=O)n(Cc3ccc(F)cc3)c2=O)c1. The molecule has 32 heavy (non-hydrogen) atoms. The van der Waals surface area contributed by atoms with Crippen LogP contribution in [0.4, 0.5) is 4.39 Å². The number of amides is 1. The van der Waals surface area contributed by atoms with Crippen molar-refractivity contribution in [2.45, 2.75) is 32.4 Å². The van der Waals surface area contributed by atoms with Gasteiger partial charge in [0.1, 0.15) is 5.82 Å². The van der Waals surface area contributed by atoms with E-state index in [1.165, 1.54) is 24.3 Å². The number of aromatic nitrogens is 3. The van der Waals surface area contributed by atoms with Crippen molar-refractivity contribution < 1.29 is 13.9 Å². The molecule has 0 bridgehead atoms. The lowest BCUT2D eigenvalue weighted by Gasteiger charge is -2.14. The summed E-state index contributed by atoms with van der Waals surface area (Å²) in [4.78, 5) is 39.0. The summed E-state index contributed by atoms with van der Waals surface area (Å²) in [5.74, 6) is -1.11. The largest absolute Gasteiger partial charge is 0.376 e. The van der Waals surface area contributed by atoms with Gasteiger partial charge in [0.2, 0.25) is 5.69 Å². The van der Waals surface area contributed by atoms with Gasteiger partial charge in [0.05, 0.1) is 18.3 Å². The minimum atomic E-state index is -0.812. The molecular formula is C23H23FN4O4. The molecule has 2 heterocycles. The average molecular weight is 438 g/mol. The van der Waals surface area contributed by atoms with E-state index in [2.05, 4.69) is 10.4 Å². The minimum Gasteiger partial charge on any atom is -0.376 e. The van der Waals surface area contributed by atoms with Gasteiger partial charge in [-0.05, 0) is 55.2 Å². The number of nitrogens with one attached hydrogen (secondary N) is 1. The standard InChI is InChI=1S/C23H23FN4O4/c1-15-4-2-5-18(12-15)28-23(31)27(14-16-7-9-17(24)10-8-16)22(30)20(26-28)21(29)25-13-19-6-3-11-32-19/h2,4-5,7-10,12,19H,3,6,11,13-14H2,1H3,(H,25,29)/t19-/m1/s1. The molecule has 0 unspecified atom stereocenters. The quantitative estimate of drug-likeness (QED) is 0.633. The number of carbonyl (C=O) groups is 1. The number of carbonyl (C=O) groups excluding carboxylic acids is 1. The fourth-order valence-electron chi connectivity index (χ4n) is 3.59. The van der Waals surface area contributed by atoms with Crippen LogP contribution in [-0.4, -0.2) is 39.5 Å². The molecule has 1 amide bonds.